The van der Waals surface area contributed by atoms with Crippen LogP contribution in [0.15, 0.2) is 6.07 Å². The number of rotatable bonds is 5. The molecule has 2 rings (SSSR count). The first-order valence-corrected chi connectivity index (χ1v) is 7.57. The van der Waals surface area contributed by atoms with Gasteiger partial charge in [-0.15, -0.1) is 0 Å². The van der Waals surface area contributed by atoms with E-state index in [9.17, 15) is 0 Å². The SMILES string of the molecule is CCCOc1cc(C)c(C2(CC)OCCO2)c(C)c1C. The lowest BCUT2D eigenvalue weighted by molar-refractivity contribution is -0.168. The average molecular weight is 278 g/mol. The van der Waals surface area contributed by atoms with Crippen LogP contribution in [0.5, 0.6) is 5.75 Å². The summed E-state index contributed by atoms with van der Waals surface area (Å²) in [5.74, 6) is 0.414. The largest absolute Gasteiger partial charge is 0.493 e. The first-order valence-electron chi connectivity index (χ1n) is 7.57. The summed E-state index contributed by atoms with van der Waals surface area (Å²) in [4.78, 5) is 0. The molecule has 0 saturated carbocycles. The Morgan fingerprint density at radius 2 is 1.75 bits per heavy atom. The Bertz CT molecular complexity index is 474. The Labute approximate surface area is 122 Å². The van der Waals surface area contributed by atoms with Crippen molar-refractivity contribution in [1.82, 2.24) is 0 Å². The van der Waals surface area contributed by atoms with Crippen LogP contribution >= 0.6 is 0 Å². The summed E-state index contributed by atoms with van der Waals surface area (Å²) in [6, 6.07) is 2.12. The molecule has 3 heteroatoms. The van der Waals surface area contributed by atoms with Crippen LogP contribution in [0.3, 0.4) is 0 Å². The van der Waals surface area contributed by atoms with E-state index in [0.29, 0.717) is 13.2 Å². The first-order chi connectivity index (χ1) is 9.55. The smallest absolute Gasteiger partial charge is 0.195 e. The van der Waals surface area contributed by atoms with Crippen LogP contribution in [0.2, 0.25) is 0 Å². The van der Waals surface area contributed by atoms with E-state index in [0.717, 1.165) is 25.2 Å². The molecule has 1 aromatic rings. The molecule has 0 aromatic heterocycles. The van der Waals surface area contributed by atoms with Crippen LogP contribution in [-0.4, -0.2) is 19.8 Å². The molecule has 1 saturated heterocycles. The van der Waals surface area contributed by atoms with E-state index in [4.69, 9.17) is 14.2 Å². The molecule has 1 aromatic carbocycles. The summed E-state index contributed by atoms with van der Waals surface area (Å²) in [5, 5.41) is 0. The van der Waals surface area contributed by atoms with Crippen molar-refractivity contribution >= 4 is 0 Å². The number of hydrogen-bond acceptors (Lipinski definition) is 3. The Hall–Kier alpha value is -1.06. The molecular formula is C17H26O3. The fourth-order valence-corrected chi connectivity index (χ4v) is 2.97. The van der Waals surface area contributed by atoms with E-state index in [1.807, 2.05) is 0 Å². The molecule has 0 unspecified atom stereocenters. The van der Waals surface area contributed by atoms with Crippen LogP contribution in [0.25, 0.3) is 0 Å². The van der Waals surface area contributed by atoms with Gasteiger partial charge in [-0.25, -0.2) is 0 Å². The highest BCUT2D eigenvalue weighted by molar-refractivity contribution is 5.50. The van der Waals surface area contributed by atoms with Gasteiger partial charge in [-0.2, -0.15) is 0 Å². The minimum atomic E-state index is -0.567. The van der Waals surface area contributed by atoms with Crippen molar-refractivity contribution in [3.8, 4) is 5.75 Å². The van der Waals surface area contributed by atoms with Crippen molar-refractivity contribution in [3.05, 3.63) is 28.3 Å². The highest BCUT2D eigenvalue weighted by Gasteiger charge is 2.39. The zero-order valence-electron chi connectivity index (χ0n) is 13.3. The molecule has 112 valence electrons. The van der Waals surface area contributed by atoms with Crippen LogP contribution < -0.4 is 4.74 Å². The van der Waals surface area contributed by atoms with Gasteiger partial charge < -0.3 is 14.2 Å². The Morgan fingerprint density at radius 1 is 1.10 bits per heavy atom. The third-order valence-corrected chi connectivity index (χ3v) is 4.11. The third-order valence-electron chi connectivity index (χ3n) is 4.11. The molecule has 0 radical (unpaired) electrons. The molecule has 0 aliphatic carbocycles. The van der Waals surface area contributed by atoms with Crippen LogP contribution in [0.4, 0.5) is 0 Å². The minimum absolute atomic E-state index is 0.567. The fourth-order valence-electron chi connectivity index (χ4n) is 2.97. The molecule has 0 N–H and O–H groups in total. The molecule has 0 atom stereocenters. The van der Waals surface area contributed by atoms with Gasteiger partial charge in [0.2, 0.25) is 0 Å². The summed E-state index contributed by atoms with van der Waals surface area (Å²) in [5.41, 5.74) is 4.77. The van der Waals surface area contributed by atoms with Gasteiger partial charge in [0.25, 0.3) is 0 Å². The Kier molecular flexibility index (Phi) is 4.71. The lowest BCUT2D eigenvalue weighted by atomic mass is 9.90. The maximum Gasteiger partial charge on any atom is 0.195 e. The minimum Gasteiger partial charge on any atom is -0.493 e. The topological polar surface area (TPSA) is 27.7 Å². The Morgan fingerprint density at radius 3 is 2.30 bits per heavy atom. The normalized spacial score (nSPS) is 17.4. The monoisotopic (exact) mass is 278 g/mol. The predicted octanol–water partition coefficient (Wildman–Crippen LogP) is 4.01. The second-order valence-electron chi connectivity index (χ2n) is 5.47. The van der Waals surface area contributed by atoms with Gasteiger partial charge >= 0.3 is 0 Å². The molecule has 0 amide bonds. The molecule has 1 fully saturated rings. The van der Waals surface area contributed by atoms with E-state index in [1.165, 1.54) is 22.3 Å². The fraction of sp³-hybridized carbons (Fsp3) is 0.647. The zero-order chi connectivity index (χ0) is 14.8. The molecule has 0 spiro atoms. The van der Waals surface area contributed by atoms with E-state index in [1.54, 1.807) is 0 Å². The van der Waals surface area contributed by atoms with Crippen LogP contribution in [0, 0.1) is 20.8 Å². The molecule has 1 aliphatic heterocycles. The number of benzene rings is 1. The molecule has 1 heterocycles. The predicted molar refractivity (Wildman–Crippen MR) is 80.3 cm³/mol. The summed E-state index contributed by atoms with van der Waals surface area (Å²) in [7, 11) is 0. The van der Waals surface area contributed by atoms with Crippen molar-refractivity contribution < 1.29 is 14.2 Å². The lowest BCUT2D eigenvalue weighted by Crippen LogP contribution is -2.28. The maximum absolute atomic E-state index is 5.95. The second kappa shape index (κ2) is 6.15. The summed E-state index contributed by atoms with van der Waals surface area (Å²) in [6.45, 7) is 12.7. The first kappa shape index (κ1) is 15.3. The van der Waals surface area contributed by atoms with Gasteiger partial charge in [0.15, 0.2) is 5.79 Å². The molecule has 3 nitrogen and oxygen atoms in total. The summed E-state index contributed by atoms with van der Waals surface area (Å²) in [6.07, 6.45) is 1.84. The van der Waals surface area contributed by atoms with Crippen molar-refractivity contribution in [3.63, 3.8) is 0 Å². The average Bonchev–Trinajstić information content (AvgIpc) is 2.91. The lowest BCUT2D eigenvalue weighted by Gasteiger charge is -2.31. The summed E-state index contributed by atoms with van der Waals surface area (Å²) < 4.78 is 17.8. The molecule has 20 heavy (non-hydrogen) atoms. The molecule has 0 bridgehead atoms. The number of ether oxygens (including phenoxy) is 3. The maximum atomic E-state index is 5.95. The van der Waals surface area contributed by atoms with Gasteiger partial charge in [0, 0.05) is 12.0 Å². The van der Waals surface area contributed by atoms with Gasteiger partial charge in [-0.1, -0.05) is 13.8 Å². The summed E-state index contributed by atoms with van der Waals surface area (Å²) >= 11 is 0. The van der Waals surface area contributed by atoms with Crippen molar-refractivity contribution in [1.29, 1.82) is 0 Å². The zero-order valence-corrected chi connectivity index (χ0v) is 13.3. The van der Waals surface area contributed by atoms with Crippen molar-refractivity contribution in [2.24, 2.45) is 0 Å². The number of hydrogen-bond donors (Lipinski definition) is 0. The quantitative estimate of drug-likeness (QED) is 0.814. The van der Waals surface area contributed by atoms with E-state index in [-0.39, 0.29) is 0 Å². The van der Waals surface area contributed by atoms with Gasteiger partial charge in [-0.05, 0) is 49.9 Å². The van der Waals surface area contributed by atoms with E-state index >= 15 is 0 Å². The van der Waals surface area contributed by atoms with E-state index < -0.39 is 5.79 Å². The van der Waals surface area contributed by atoms with Gasteiger partial charge in [-0.3, -0.25) is 0 Å². The van der Waals surface area contributed by atoms with Crippen LogP contribution in [0.1, 0.15) is 48.9 Å². The van der Waals surface area contributed by atoms with Crippen LogP contribution in [-0.2, 0) is 15.3 Å². The highest BCUT2D eigenvalue weighted by Crippen LogP contribution is 2.41. The third kappa shape index (κ3) is 2.57. The van der Waals surface area contributed by atoms with Crippen molar-refractivity contribution in [2.45, 2.75) is 53.2 Å². The molecule has 1 aliphatic rings. The van der Waals surface area contributed by atoms with Crippen molar-refractivity contribution in [2.75, 3.05) is 19.8 Å². The Balaban J connectivity index is 2.47. The van der Waals surface area contributed by atoms with Gasteiger partial charge in [0.05, 0.1) is 19.8 Å². The molecular weight excluding hydrogens is 252 g/mol. The van der Waals surface area contributed by atoms with E-state index in [2.05, 4.69) is 40.7 Å². The van der Waals surface area contributed by atoms with Gasteiger partial charge in [0.1, 0.15) is 5.75 Å². The second-order valence-corrected chi connectivity index (χ2v) is 5.47. The number of aryl methyl sites for hydroxylation is 1. The highest BCUT2D eigenvalue weighted by atomic mass is 16.7. The standard InChI is InChI=1S/C17H26O3/c1-6-8-18-15-11-12(3)16(14(5)13(15)4)17(7-2)19-9-10-20-17/h11H,6-10H2,1-5H3.